The zero-order chi connectivity index (χ0) is 13.3. The van der Waals surface area contributed by atoms with E-state index < -0.39 is 12.1 Å². The molecule has 18 heavy (non-hydrogen) atoms. The number of rotatable bonds is 2. The maximum atomic E-state index is 11.4. The van der Waals surface area contributed by atoms with E-state index in [4.69, 9.17) is 16.7 Å². The first-order chi connectivity index (χ1) is 8.51. The Hall–Kier alpha value is -2.28. The molecule has 0 spiro atoms. The summed E-state index contributed by atoms with van der Waals surface area (Å²) < 4.78 is 8.97. The highest BCUT2D eigenvalue weighted by atomic mass is 35.5. The van der Waals surface area contributed by atoms with Crippen molar-refractivity contribution >= 4 is 34.8 Å². The van der Waals surface area contributed by atoms with Crippen LogP contribution in [-0.4, -0.2) is 34.3 Å². The number of methoxy groups -OCH3 is 1. The fourth-order valence-electron chi connectivity index (χ4n) is 1.41. The summed E-state index contributed by atoms with van der Waals surface area (Å²) in [7, 11) is 1.22. The molecule has 0 atom stereocenters. The number of fused-ring (bicyclic) bond motifs is 1. The average Bonchev–Trinajstić information content (AvgIpc) is 2.67. The van der Waals surface area contributed by atoms with Crippen molar-refractivity contribution in [3.8, 4) is 5.88 Å². The molecular weight excluding hydrogens is 264 g/mol. The lowest BCUT2D eigenvalue weighted by atomic mass is 10.2. The number of H-pyrrole nitrogens is 1. The van der Waals surface area contributed by atoms with Crippen LogP contribution in [0.5, 0.6) is 5.88 Å². The largest absolute Gasteiger partial charge is 0.512 e. The second kappa shape index (κ2) is 4.53. The third-order valence-corrected chi connectivity index (χ3v) is 2.42. The van der Waals surface area contributed by atoms with Gasteiger partial charge in [-0.05, 0) is 6.07 Å². The number of carbonyl (C=O) groups excluding carboxylic acids is 1. The average molecular weight is 271 g/mol. The molecule has 0 aliphatic carbocycles. The summed E-state index contributed by atoms with van der Waals surface area (Å²) in [4.78, 5) is 28.3. The van der Waals surface area contributed by atoms with Crippen LogP contribution in [0.25, 0.3) is 11.0 Å². The van der Waals surface area contributed by atoms with Gasteiger partial charge in [0.05, 0.1) is 12.7 Å². The monoisotopic (exact) mass is 270 g/mol. The quantitative estimate of drug-likeness (QED) is 0.640. The Morgan fingerprint density at radius 3 is 2.78 bits per heavy atom. The number of halogens is 1. The van der Waals surface area contributed by atoms with Crippen molar-refractivity contribution in [2.24, 2.45) is 0 Å². The summed E-state index contributed by atoms with van der Waals surface area (Å²) in [6, 6.07) is 2.82. The smallest absolute Gasteiger partial charge is 0.465 e. The lowest BCUT2D eigenvalue weighted by Gasteiger charge is -2.00. The predicted octanol–water partition coefficient (Wildman–Crippen LogP) is 2.06. The highest BCUT2D eigenvalue weighted by Gasteiger charge is 2.15. The molecule has 2 N–H and O–H groups in total. The number of aromatic amines is 1. The second-order valence-corrected chi connectivity index (χ2v) is 3.62. The summed E-state index contributed by atoms with van der Waals surface area (Å²) >= 11 is 5.80. The molecular formula is C10H7ClN2O5. The third kappa shape index (κ3) is 2.21. The van der Waals surface area contributed by atoms with Crippen molar-refractivity contribution in [3.05, 3.63) is 22.8 Å². The molecule has 0 radical (unpaired) electrons. The van der Waals surface area contributed by atoms with E-state index in [0.29, 0.717) is 11.0 Å². The van der Waals surface area contributed by atoms with Gasteiger partial charge in [0.15, 0.2) is 0 Å². The lowest BCUT2D eigenvalue weighted by molar-refractivity contribution is 0.0600. The fraction of sp³-hybridized carbons (Fsp3) is 0.100. The van der Waals surface area contributed by atoms with Gasteiger partial charge in [-0.1, -0.05) is 11.6 Å². The number of nitrogens with one attached hydrogen (secondary N) is 1. The molecule has 8 heteroatoms. The number of pyridine rings is 1. The minimum absolute atomic E-state index is 0.0110. The number of nitrogens with zero attached hydrogens (tertiary/aromatic N) is 1. The second-order valence-electron chi connectivity index (χ2n) is 3.26. The van der Waals surface area contributed by atoms with Gasteiger partial charge in [-0.25, -0.2) is 14.6 Å². The Bertz CT molecular complexity index is 636. The molecule has 0 aliphatic rings. The number of carbonyl (C=O) groups is 2. The molecule has 0 aromatic carbocycles. The van der Waals surface area contributed by atoms with Crippen LogP contribution in [0.2, 0.25) is 5.15 Å². The van der Waals surface area contributed by atoms with E-state index in [2.05, 4.69) is 19.4 Å². The molecule has 0 amide bonds. The lowest BCUT2D eigenvalue weighted by Crippen LogP contribution is -2.03. The van der Waals surface area contributed by atoms with Gasteiger partial charge < -0.3 is 19.6 Å². The maximum absolute atomic E-state index is 11.4. The first-order valence-electron chi connectivity index (χ1n) is 4.69. The summed E-state index contributed by atoms with van der Waals surface area (Å²) in [5.41, 5.74) is 0.399. The molecule has 2 aromatic rings. The third-order valence-electron chi connectivity index (χ3n) is 2.14. The highest BCUT2D eigenvalue weighted by Crippen LogP contribution is 2.24. The Labute approximate surface area is 105 Å². The number of ether oxygens (including phenoxy) is 2. The zero-order valence-electron chi connectivity index (χ0n) is 9.06. The Morgan fingerprint density at radius 2 is 2.17 bits per heavy atom. The molecule has 0 unspecified atom stereocenters. The number of aromatic nitrogens is 2. The van der Waals surface area contributed by atoms with Crippen LogP contribution in [0.1, 0.15) is 10.4 Å². The van der Waals surface area contributed by atoms with Crippen LogP contribution in [0, 0.1) is 0 Å². The van der Waals surface area contributed by atoms with Gasteiger partial charge in [-0.2, -0.15) is 0 Å². The van der Waals surface area contributed by atoms with E-state index in [1.165, 1.54) is 19.2 Å². The van der Waals surface area contributed by atoms with Gasteiger partial charge >= 0.3 is 12.1 Å². The van der Waals surface area contributed by atoms with E-state index >= 15 is 0 Å². The Morgan fingerprint density at radius 1 is 1.44 bits per heavy atom. The van der Waals surface area contributed by atoms with Crippen LogP contribution < -0.4 is 4.74 Å². The highest BCUT2D eigenvalue weighted by molar-refractivity contribution is 6.32. The Balaban J connectivity index is 2.50. The molecule has 94 valence electrons. The molecule has 0 bridgehead atoms. The molecule has 2 rings (SSSR count). The van der Waals surface area contributed by atoms with Crippen LogP contribution in [0.3, 0.4) is 0 Å². The summed E-state index contributed by atoms with van der Waals surface area (Å²) in [6.45, 7) is 0. The van der Waals surface area contributed by atoms with Gasteiger partial charge in [0.1, 0.15) is 10.8 Å². The van der Waals surface area contributed by atoms with Gasteiger partial charge in [0.25, 0.3) is 0 Å². The van der Waals surface area contributed by atoms with Gasteiger partial charge in [-0.15, -0.1) is 0 Å². The maximum Gasteiger partial charge on any atom is 0.512 e. The van der Waals surface area contributed by atoms with E-state index in [1.54, 1.807) is 0 Å². The minimum Gasteiger partial charge on any atom is -0.465 e. The van der Waals surface area contributed by atoms with Crippen molar-refractivity contribution in [2.45, 2.75) is 0 Å². The van der Waals surface area contributed by atoms with Crippen molar-refractivity contribution in [3.63, 3.8) is 0 Å². The minimum atomic E-state index is -1.46. The Kier molecular flexibility index (Phi) is 3.07. The van der Waals surface area contributed by atoms with Crippen molar-refractivity contribution < 1.29 is 24.2 Å². The topological polar surface area (TPSA) is 102 Å². The van der Waals surface area contributed by atoms with Gasteiger partial charge in [-0.3, -0.25) is 0 Å². The standard InChI is InChI=1S/C10H7ClN2O5/c1-17-9(14)5-2-4-3-6(18-10(15)16)12-8(4)13-7(5)11/h2-3H,1H3,(H,12,13)(H,15,16). The van der Waals surface area contributed by atoms with E-state index in [0.717, 1.165) is 0 Å². The van der Waals surface area contributed by atoms with Gasteiger partial charge in [0.2, 0.25) is 5.88 Å². The first-order valence-corrected chi connectivity index (χ1v) is 5.07. The molecule has 2 aromatic heterocycles. The van der Waals surface area contributed by atoms with Crippen LogP contribution in [0.4, 0.5) is 4.79 Å². The molecule has 0 fully saturated rings. The summed E-state index contributed by atoms with van der Waals surface area (Å²) in [5.74, 6) is -0.639. The van der Waals surface area contributed by atoms with Crippen molar-refractivity contribution in [1.29, 1.82) is 0 Å². The molecule has 7 nitrogen and oxygen atoms in total. The number of carboxylic acid groups (broad SMARTS) is 1. The van der Waals surface area contributed by atoms with E-state index in [-0.39, 0.29) is 16.6 Å². The zero-order valence-corrected chi connectivity index (χ0v) is 9.82. The van der Waals surface area contributed by atoms with Crippen LogP contribution in [-0.2, 0) is 4.74 Å². The van der Waals surface area contributed by atoms with Crippen molar-refractivity contribution in [1.82, 2.24) is 9.97 Å². The van der Waals surface area contributed by atoms with Gasteiger partial charge in [0, 0.05) is 11.5 Å². The van der Waals surface area contributed by atoms with E-state index in [1.807, 2.05) is 0 Å². The van der Waals surface area contributed by atoms with Crippen molar-refractivity contribution in [2.75, 3.05) is 7.11 Å². The first kappa shape index (κ1) is 12.2. The van der Waals surface area contributed by atoms with Crippen LogP contribution in [0.15, 0.2) is 12.1 Å². The number of hydrogen-bond donors (Lipinski definition) is 2. The molecule has 2 heterocycles. The number of esters is 1. The summed E-state index contributed by atoms with van der Waals surface area (Å²) in [5, 5.41) is 8.90. The van der Waals surface area contributed by atoms with E-state index in [9.17, 15) is 9.59 Å². The molecule has 0 aliphatic heterocycles. The molecule has 0 saturated heterocycles. The predicted molar refractivity (Wildman–Crippen MR) is 61.1 cm³/mol. The normalized spacial score (nSPS) is 10.3. The van der Waals surface area contributed by atoms with Crippen LogP contribution >= 0.6 is 11.6 Å². The number of hydrogen-bond acceptors (Lipinski definition) is 5. The fourth-order valence-corrected chi connectivity index (χ4v) is 1.63. The molecule has 0 saturated carbocycles. The SMILES string of the molecule is COC(=O)c1cc2cc(OC(=O)O)[nH]c2nc1Cl. The summed E-state index contributed by atoms with van der Waals surface area (Å²) in [6.07, 6.45) is -1.46.